The summed E-state index contributed by atoms with van der Waals surface area (Å²) in [5, 5.41) is 4.56. The molecule has 0 aliphatic carbocycles. The van der Waals surface area contributed by atoms with Gasteiger partial charge in [-0.1, -0.05) is 28.1 Å². The first kappa shape index (κ1) is 16.7. The van der Waals surface area contributed by atoms with Crippen LogP contribution >= 0.6 is 31.9 Å². The lowest BCUT2D eigenvalue weighted by molar-refractivity contribution is 0.498. The van der Waals surface area contributed by atoms with Gasteiger partial charge in [0.25, 0.3) is 0 Å². The maximum Gasteiger partial charge on any atom is 0.0738 e. The van der Waals surface area contributed by atoms with Crippen LogP contribution in [0, 0.1) is 12.8 Å². The Balaban J connectivity index is 2.14. The zero-order chi connectivity index (χ0) is 15.4. The van der Waals surface area contributed by atoms with Gasteiger partial charge in [-0.2, -0.15) is 5.10 Å². The summed E-state index contributed by atoms with van der Waals surface area (Å²) in [7, 11) is 0. The summed E-state index contributed by atoms with van der Waals surface area (Å²) in [5.41, 5.74) is 9.62. The zero-order valence-corrected chi connectivity index (χ0v) is 15.6. The van der Waals surface area contributed by atoms with Crippen LogP contribution in [0.15, 0.2) is 33.2 Å². The smallest absolute Gasteiger partial charge is 0.0738 e. The Bertz CT molecular complexity index is 590. The first-order chi connectivity index (χ1) is 10.0. The van der Waals surface area contributed by atoms with E-state index >= 15 is 0 Å². The first-order valence-corrected chi connectivity index (χ1v) is 8.80. The van der Waals surface area contributed by atoms with Crippen LogP contribution in [0.1, 0.15) is 23.9 Å². The van der Waals surface area contributed by atoms with Gasteiger partial charge < -0.3 is 5.73 Å². The van der Waals surface area contributed by atoms with Gasteiger partial charge >= 0.3 is 0 Å². The molecule has 0 saturated carbocycles. The molecule has 1 heterocycles. The molecule has 0 aliphatic heterocycles. The van der Waals surface area contributed by atoms with Gasteiger partial charge in [0.1, 0.15) is 0 Å². The second-order valence-electron chi connectivity index (χ2n) is 5.30. The topological polar surface area (TPSA) is 43.8 Å². The average molecular weight is 415 g/mol. The molecule has 114 valence electrons. The summed E-state index contributed by atoms with van der Waals surface area (Å²) in [5.74, 6) is 0.420. The monoisotopic (exact) mass is 413 g/mol. The SMILES string of the molecule is CCn1nc(C)c(Br)c1CC(CN)Cc1ccc(Br)cc1. The first-order valence-electron chi connectivity index (χ1n) is 7.21. The van der Waals surface area contributed by atoms with Crippen molar-refractivity contribution in [2.75, 3.05) is 6.54 Å². The summed E-state index contributed by atoms with van der Waals surface area (Å²) in [6.45, 7) is 5.72. The number of nitrogens with two attached hydrogens (primary N) is 1. The van der Waals surface area contributed by atoms with Crippen LogP contribution in [0.4, 0.5) is 0 Å². The van der Waals surface area contributed by atoms with Crippen molar-refractivity contribution < 1.29 is 0 Å². The van der Waals surface area contributed by atoms with Crippen LogP contribution in [-0.2, 0) is 19.4 Å². The largest absolute Gasteiger partial charge is 0.330 e. The van der Waals surface area contributed by atoms with Crippen LogP contribution < -0.4 is 5.73 Å². The van der Waals surface area contributed by atoms with Crippen molar-refractivity contribution in [3.63, 3.8) is 0 Å². The molecule has 0 amide bonds. The number of halogens is 2. The van der Waals surface area contributed by atoms with Crippen molar-refractivity contribution in [2.45, 2.75) is 33.2 Å². The van der Waals surface area contributed by atoms with Crippen LogP contribution in [-0.4, -0.2) is 16.3 Å². The van der Waals surface area contributed by atoms with Gasteiger partial charge in [-0.15, -0.1) is 0 Å². The van der Waals surface area contributed by atoms with Crippen molar-refractivity contribution in [1.82, 2.24) is 9.78 Å². The second-order valence-corrected chi connectivity index (χ2v) is 7.01. The van der Waals surface area contributed by atoms with E-state index in [0.717, 1.165) is 34.0 Å². The molecular weight excluding hydrogens is 394 g/mol. The van der Waals surface area contributed by atoms with Gasteiger partial charge in [0.2, 0.25) is 0 Å². The highest BCUT2D eigenvalue weighted by atomic mass is 79.9. The van der Waals surface area contributed by atoms with E-state index in [0.29, 0.717) is 12.5 Å². The fourth-order valence-electron chi connectivity index (χ4n) is 2.53. The minimum absolute atomic E-state index is 0.420. The summed E-state index contributed by atoms with van der Waals surface area (Å²) in [6, 6.07) is 8.48. The molecular formula is C16H21Br2N3. The molecule has 21 heavy (non-hydrogen) atoms. The molecule has 0 saturated heterocycles. The maximum absolute atomic E-state index is 5.99. The van der Waals surface area contributed by atoms with E-state index in [-0.39, 0.29) is 0 Å². The van der Waals surface area contributed by atoms with Crippen LogP contribution in [0.5, 0.6) is 0 Å². The predicted octanol–water partition coefficient (Wildman–Crippen LogP) is 4.10. The molecule has 1 atom stereocenters. The highest BCUT2D eigenvalue weighted by molar-refractivity contribution is 9.10. The zero-order valence-electron chi connectivity index (χ0n) is 12.4. The van der Waals surface area contributed by atoms with E-state index in [2.05, 4.69) is 72.8 Å². The van der Waals surface area contributed by atoms with E-state index in [9.17, 15) is 0 Å². The van der Waals surface area contributed by atoms with Gasteiger partial charge in [-0.05, 0) is 72.8 Å². The molecule has 1 aromatic carbocycles. The minimum Gasteiger partial charge on any atom is -0.330 e. The van der Waals surface area contributed by atoms with E-state index in [4.69, 9.17) is 5.73 Å². The average Bonchev–Trinajstić information content (AvgIpc) is 2.76. The van der Waals surface area contributed by atoms with E-state index in [1.807, 2.05) is 6.92 Å². The Morgan fingerprint density at radius 2 is 1.86 bits per heavy atom. The Morgan fingerprint density at radius 1 is 1.19 bits per heavy atom. The molecule has 0 radical (unpaired) electrons. The molecule has 0 spiro atoms. The van der Waals surface area contributed by atoms with E-state index in [1.54, 1.807) is 0 Å². The highest BCUT2D eigenvalue weighted by Crippen LogP contribution is 2.25. The third-order valence-corrected chi connectivity index (χ3v) is 5.27. The molecule has 2 N–H and O–H groups in total. The number of aromatic nitrogens is 2. The van der Waals surface area contributed by atoms with Crippen LogP contribution in [0.25, 0.3) is 0 Å². The number of benzene rings is 1. The molecule has 0 fully saturated rings. The van der Waals surface area contributed by atoms with Gasteiger partial charge in [-0.25, -0.2) is 0 Å². The van der Waals surface area contributed by atoms with Gasteiger partial charge in [0.05, 0.1) is 15.9 Å². The molecule has 1 unspecified atom stereocenters. The van der Waals surface area contributed by atoms with Gasteiger partial charge in [0.15, 0.2) is 0 Å². The molecule has 3 nitrogen and oxygen atoms in total. The Morgan fingerprint density at radius 3 is 2.43 bits per heavy atom. The van der Waals surface area contributed by atoms with Crippen molar-refractivity contribution >= 4 is 31.9 Å². The van der Waals surface area contributed by atoms with Gasteiger partial charge in [-0.3, -0.25) is 4.68 Å². The van der Waals surface area contributed by atoms with Crippen molar-refractivity contribution in [1.29, 1.82) is 0 Å². The fourth-order valence-corrected chi connectivity index (χ4v) is 3.24. The Labute approximate surface area is 143 Å². The quantitative estimate of drug-likeness (QED) is 0.773. The molecule has 1 aromatic heterocycles. The third kappa shape index (κ3) is 4.18. The third-order valence-electron chi connectivity index (χ3n) is 3.71. The van der Waals surface area contributed by atoms with Crippen LogP contribution in [0.2, 0.25) is 0 Å². The number of hydrogen-bond acceptors (Lipinski definition) is 2. The maximum atomic E-state index is 5.99. The Hall–Kier alpha value is -0.650. The lowest BCUT2D eigenvalue weighted by atomic mass is 9.94. The fraction of sp³-hybridized carbons (Fsp3) is 0.438. The molecule has 2 aromatic rings. The molecule has 2 rings (SSSR count). The lowest BCUT2D eigenvalue weighted by Crippen LogP contribution is -2.21. The number of rotatable bonds is 6. The van der Waals surface area contributed by atoms with Crippen LogP contribution in [0.3, 0.4) is 0 Å². The van der Waals surface area contributed by atoms with E-state index < -0.39 is 0 Å². The minimum atomic E-state index is 0.420. The van der Waals surface area contributed by atoms with Crippen molar-refractivity contribution in [3.8, 4) is 0 Å². The summed E-state index contributed by atoms with van der Waals surface area (Å²) in [4.78, 5) is 0. The van der Waals surface area contributed by atoms with Crippen molar-refractivity contribution in [2.24, 2.45) is 11.7 Å². The number of aryl methyl sites for hydroxylation is 2. The summed E-state index contributed by atoms with van der Waals surface area (Å²) >= 11 is 7.14. The predicted molar refractivity (Wildman–Crippen MR) is 94.4 cm³/mol. The van der Waals surface area contributed by atoms with E-state index in [1.165, 1.54) is 11.3 Å². The molecule has 5 heteroatoms. The summed E-state index contributed by atoms with van der Waals surface area (Å²) in [6.07, 6.45) is 1.94. The summed E-state index contributed by atoms with van der Waals surface area (Å²) < 4.78 is 4.31. The van der Waals surface area contributed by atoms with Crippen molar-refractivity contribution in [3.05, 3.63) is 50.2 Å². The highest BCUT2D eigenvalue weighted by Gasteiger charge is 2.17. The standard InChI is InChI=1S/C16H21Br2N3/c1-3-21-15(16(18)11(2)20-21)9-13(10-19)8-12-4-6-14(17)7-5-12/h4-7,13H,3,8-10,19H2,1-2H3. The second kappa shape index (κ2) is 7.56. The number of hydrogen-bond donors (Lipinski definition) is 1. The lowest BCUT2D eigenvalue weighted by Gasteiger charge is -2.16. The number of nitrogens with zero attached hydrogens (tertiary/aromatic N) is 2. The molecule has 0 bridgehead atoms. The Kier molecular flexibility index (Phi) is 6.02. The normalized spacial score (nSPS) is 12.6. The van der Waals surface area contributed by atoms with Gasteiger partial charge in [0, 0.05) is 11.0 Å². The molecule has 0 aliphatic rings.